The fourth-order valence-corrected chi connectivity index (χ4v) is 2.63. The summed E-state index contributed by atoms with van der Waals surface area (Å²) in [4.78, 5) is 11.7. The van der Waals surface area contributed by atoms with Crippen LogP contribution in [0.4, 0.5) is 0 Å². The molecule has 1 unspecified atom stereocenters. The van der Waals surface area contributed by atoms with E-state index >= 15 is 0 Å². The second-order valence-electron chi connectivity index (χ2n) is 5.35. The molecule has 1 N–H and O–H groups in total. The zero-order valence-electron chi connectivity index (χ0n) is 10.6. The third-order valence-electron chi connectivity index (χ3n) is 3.45. The van der Waals surface area contributed by atoms with E-state index in [9.17, 15) is 4.79 Å². The van der Waals surface area contributed by atoms with Gasteiger partial charge in [0.2, 0.25) is 5.91 Å². The van der Waals surface area contributed by atoms with Gasteiger partial charge in [0.25, 0.3) is 0 Å². The van der Waals surface area contributed by atoms with Gasteiger partial charge in [-0.05, 0) is 42.2 Å². The lowest BCUT2D eigenvalue weighted by Crippen LogP contribution is -2.46. The monoisotopic (exact) mass is 249 g/mol. The predicted molar refractivity (Wildman–Crippen MR) is 73.6 cm³/mol. The lowest BCUT2D eigenvalue weighted by atomic mass is 9.83. The molecule has 1 atom stereocenters. The quantitative estimate of drug-likeness (QED) is 0.775. The van der Waals surface area contributed by atoms with Crippen LogP contribution < -0.4 is 5.32 Å². The molecule has 0 aliphatic carbocycles. The minimum atomic E-state index is -0.257. The number of hydrogen-bond acceptors (Lipinski definition) is 2. The van der Waals surface area contributed by atoms with Crippen LogP contribution in [0.15, 0.2) is 18.2 Å². The van der Waals surface area contributed by atoms with Crippen molar-refractivity contribution in [3.8, 4) is 0 Å². The van der Waals surface area contributed by atoms with Crippen molar-refractivity contribution in [3.05, 3.63) is 34.9 Å². The average molecular weight is 249 g/mol. The van der Waals surface area contributed by atoms with Crippen molar-refractivity contribution in [1.82, 2.24) is 5.32 Å². The molecule has 0 fully saturated rings. The minimum absolute atomic E-state index is 0.109. The van der Waals surface area contributed by atoms with Crippen LogP contribution in [0.3, 0.4) is 0 Å². The molecule has 1 aromatic carbocycles. The molecule has 0 aromatic heterocycles. The first-order valence-electron chi connectivity index (χ1n) is 5.99. The van der Waals surface area contributed by atoms with Gasteiger partial charge in [0.05, 0.1) is 12.0 Å². The highest BCUT2D eigenvalue weighted by atomic mass is 32.1. The smallest absolute Gasteiger partial charge is 0.225 e. The lowest BCUT2D eigenvalue weighted by Gasteiger charge is -2.34. The first-order chi connectivity index (χ1) is 7.94. The zero-order valence-corrected chi connectivity index (χ0v) is 11.5. The van der Waals surface area contributed by atoms with E-state index < -0.39 is 0 Å². The summed E-state index contributed by atoms with van der Waals surface area (Å²) in [5, 5.41) is 3.02. The topological polar surface area (TPSA) is 29.1 Å². The van der Waals surface area contributed by atoms with Crippen molar-refractivity contribution < 1.29 is 4.79 Å². The molecule has 0 saturated carbocycles. The van der Waals surface area contributed by atoms with E-state index in [2.05, 4.69) is 43.1 Å². The van der Waals surface area contributed by atoms with Crippen LogP contribution in [0.2, 0.25) is 0 Å². The molecule has 17 heavy (non-hydrogen) atoms. The van der Waals surface area contributed by atoms with E-state index in [-0.39, 0.29) is 11.4 Å². The molecular formula is C14H19NOS. The van der Waals surface area contributed by atoms with Gasteiger partial charge in [0.1, 0.15) is 0 Å². The van der Waals surface area contributed by atoms with Crippen molar-refractivity contribution in [2.24, 2.45) is 0 Å². The predicted octanol–water partition coefficient (Wildman–Crippen LogP) is 2.63. The summed E-state index contributed by atoms with van der Waals surface area (Å²) in [6.07, 6.45) is 0.492. The summed E-state index contributed by atoms with van der Waals surface area (Å²) in [6, 6.07) is 6.46. The van der Waals surface area contributed by atoms with Crippen LogP contribution >= 0.6 is 12.6 Å². The number of thiol groups is 1. The van der Waals surface area contributed by atoms with Gasteiger partial charge in [-0.2, -0.15) is 12.6 Å². The lowest BCUT2D eigenvalue weighted by molar-refractivity contribution is -0.122. The molecule has 0 bridgehead atoms. The Kier molecular flexibility index (Phi) is 3.21. The molecule has 0 spiro atoms. The van der Waals surface area contributed by atoms with Gasteiger partial charge in [-0.25, -0.2) is 0 Å². The Balaban J connectivity index is 2.45. The number of hydrogen-bond donors (Lipinski definition) is 2. The van der Waals surface area contributed by atoms with Crippen LogP contribution in [0, 0.1) is 0 Å². The van der Waals surface area contributed by atoms with E-state index in [0.717, 1.165) is 11.3 Å². The molecule has 1 aliphatic rings. The van der Waals surface area contributed by atoms with Crippen LogP contribution in [0.5, 0.6) is 0 Å². The number of carbonyl (C=O) groups is 1. The summed E-state index contributed by atoms with van der Waals surface area (Å²) in [6.45, 7) is 6.25. The Morgan fingerprint density at radius 3 is 2.82 bits per heavy atom. The minimum Gasteiger partial charge on any atom is -0.347 e. The third kappa shape index (κ3) is 2.34. The van der Waals surface area contributed by atoms with Crippen LogP contribution in [0.1, 0.15) is 43.4 Å². The van der Waals surface area contributed by atoms with Gasteiger partial charge in [-0.3, -0.25) is 4.79 Å². The number of rotatable bonds is 2. The molecule has 0 saturated heterocycles. The Labute approximate surface area is 108 Å². The average Bonchev–Trinajstić information content (AvgIpc) is 2.25. The Morgan fingerprint density at radius 2 is 2.18 bits per heavy atom. The van der Waals surface area contributed by atoms with Crippen molar-refractivity contribution in [3.63, 3.8) is 0 Å². The Hall–Kier alpha value is -0.960. The SMILES string of the molecule is CC(CS)c1ccc2c(c1)CC(=O)NC2(C)C. The van der Waals surface area contributed by atoms with Crippen molar-refractivity contribution in [2.45, 2.75) is 38.6 Å². The number of benzene rings is 1. The van der Waals surface area contributed by atoms with E-state index in [1.807, 2.05) is 13.8 Å². The third-order valence-corrected chi connectivity index (χ3v) is 4.00. The van der Waals surface area contributed by atoms with Crippen LogP contribution in [-0.2, 0) is 16.8 Å². The molecule has 1 aromatic rings. The maximum absolute atomic E-state index is 11.7. The summed E-state index contributed by atoms with van der Waals surface area (Å²) in [5.41, 5.74) is 3.40. The maximum atomic E-state index is 11.7. The number of amides is 1. The molecule has 0 radical (unpaired) electrons. The van der Waals surface area contributed by atoms with Gasteiger partial charge in [0, 0.05) is 0 Å². The standard InChI is InChI=1S/C14H19NOS/c1-9(8-17)10-4-5-12-11(6-10)7-13(16)15-14(12,2)3/h4-6,9,17H,7-8H2,1-3H3,(H,15,16). The highest BCUT2D eigenvalue weighted by Crippen LogP contribution is 2.30. The number of nitrogens with one attached hydrogen (secondary N) is 1. The molecular weight excluding hydrogens is 230 g/mol. The van der Waals surface area contributed by atoms with Crippen LogP contribution in [-0.4, -0.2) is 11.7 Å². The molecule has 92 valence electrons. The van der Waals surface area contributed by atoms with E-state index in [0.29, 0.717) is 12.3 Å². The second-order valence-corrected chi connectivity index (χ2v) is 5.72. The summed E-state index contributed by atoms with van der Waals surface area (Å²) in [7, 11) is 0. The van der Waals surface area contributed by atoms with Gasteiger partial charge >= 0.3 is 0 Å². The largest absolute Gasteiger partial charge is 0.347 e. The first kappa shape index (κ1) is 12.5. The molecule has 2 nitrogen and oxygen atoms in total. The highest BCUT2D eigenvalue weighted by molar-refractivity contribution is 7.80. The fourth-order valence-electron chi connectivity index (χ4n) is 2.41. The fraction of sp³-hybridized carbons (Fsp3) is 0.500. The van der Waals surface area contributed by atoms with Crippen LogP contribution in [0.25, 0.3) is 0 Å². The molecule has 2 rings (SSSR count). The van der Waals surface area contributed by atoms with E-state index in [1.54, 1.807) is 0 Å². The zero-order chi connectivity index (χ0) is 12.6. The van der Waals surface area contributed by atoms with Gasteiger partial charge < -0.3 is 5.32 Å². The van der Waals surface area contributed by atoms with Gasteiger partial charge in [-0.1, -0.05) is 25.1 Å². The summed E-state index contributed by atoms with van der Waals surface area (Å²) >= 11 is 4.33. The number of carbonyl (C=O) groups excluding carboxylic acids is 1. The molecule has 1 amide bonds. The van der Waals surface area contributed by atoms with Crippen molar-refractivity contribution in [2.75, 3.05) is 5.75 Å². The Morgan fingerprint density at radius 1 is 1.47 bits per heavy atom. The van der Waals surface area contributed by atoms with Gasteiger partial charge in [-0.15, -0.1) is 0 Å². The normalized spacial score (nSPS) is 19.4. The van der Waals surface area contributed by atoms with E-state index in [1.165, 1.54) is 11.1 Å². The van der Waals surface area contributed by atoms with Crippen molar-refractivity contribution in [1.29, 1.82) is 0 Å². The summed E-state index contributed by atoms with van der Waals surface area (Å²) in [5.74, 6) is 1.36. The molecule has 3 heteroatoms. The Bertz CT molecular complexity index is 454. The first-order valence-corrected chi connectivity index (χ1v) is 6.62. The number of fused-ring (bicyclic) bond motifs is 1. The van der Waals surface area contributed by atoms with Gasteiger partial charge in [0.15, 0.2) is 0 Å². The second kappa shape index (κ2) is 4.37. The maximum Gasteiger partial charge on any atom is 0.225 e. The molecule has 1 aliphatic heterocycles. The van der Waals surface area contributed by atoms with E-state index in [4.69, 9.17) is 0 Å². The highest BCUT2D eigenvalue weighted by Gasteiger charge is 2.30. The summed E-state index contributed by atoms with van der Waals surface area (Å²) < 4.78 is 0. The van der Waals surface area contributed by atoms with Crippen molar-refractivity contribution >= 4 is 18.5 Å². The molecule has 1 heterocycles.